The van der Waals surface area contributed by atoms with Crippen LogP contribution in [-0.4, -0.2) is 46.8 Å². The van der Waals surface area contributed by atoms with Gasteiger partial charge in [-0.05, 0) is 43.3 Å². The van der Waals surface area contributed by atoms with Crippen molar-refractivity contribution in [3.63, 3.8) is 0 Å². The first-order chi connectivity index (χ1) is 15.6. The molecule has 172 valence electrons. The van der Waals surface area contributed by atoms with E-state index >= 15 is 0 Å². The highest BCUT2D eigenvalue weighted by molar-refractivity contribution is 6.03. The van der Waals surface area contributed by atoms with Crippen molar-refractivity contribution in [3.05, 3.63) is 66.4 Å². The van der Waals surface area contributed by atoms with Gasteiger partial charge in [0.1, 0.15) is 5.82 Å². The molecule has 0 spiro atoms. The predicted octanol–water partition coefficient (Wildman–Crippen LogP) is 4.40. The number of hydrogen-bond donors (Lipinski definition) is 2. The number of rotatable bonds is 2. The maximum absolute atomic E-state index is 13.2. The molecule has 7 nitrogen and oxygen atoms in total. The number of nitrogens with one attached hydrogen (secondary N) is 1. The molecule has 1 aliphatic heterocycles. The van der Waals surface area contributed by atoms with E-state index in [0.717, 1.165) is 12.1 Å². The number of carbonyl (C=O) groups excluding carboxylic acids is 1. The third-order valence-electron chi connectivity index (χ3n) is 5.52. The Morgan fingerprint density at radius 3 is 2.64 bits per heavy atom. The molecule has 0 saturated heterocycles. The maximum atomic E-state index is 13.2. The van der Waals surface area contributed by atoms with E-state index in [1.54, 1.807) is 49.2 Å². The number of amides is 2. The van der Waals surface area contributed by atoms with Crippen molar-refractivity contribution >= 4 is 23.4 Å². The van der Waals surface area contributed by atoms with E-state index in [1.807, 2.05) is 0 Å². The Bertz CT molecular complexity index is 1160. The normalized spacial score (nSPS) is 18.5. The summed E-state index contributed by atoms with van der Waals surface area (Å²) in [6, 6.07) is 12.0. The van der Waals surface area contributed by atoms with Gasteiger partial charge in [0.2, 0.25) is 0 Å². The zero-order chi connectivity index (χ0) is 23.8. The van der Waals surface area contributed by atoms with Crippen LogP contribution in [-0.2, 0) is 6.18 Å². The minimum atomic E-state index is -4.49. The van der Waals surface area contributed by atoms with Crippen LogP contribution in [0.1, 0.15) is 12.5 Å². The van der Waals surface area contributed by atoms with Crippen LogP contribution in [0.5, 0.6) is 0 Å². The SMILES string of the molecule is C[C@@H]1[C@@H](O)CN(C)c2ccc(-c3cccc(C(F)(F)F)c3)nc2N1C(=O)Nc1ccccn1. The van der Waals surface area contributed by atoms with Crippen LogP contribution in [0.3, 0.4) is 0 Å². The number of nitrogens with zero attached hydrogens (tertiary/aromatic N) is 4. The van der Waals surface area contributed by atoms with Crippen LogP contribution in [0.4, 0.5) is 35.3 Å². The van der Waals surface area contributed by atoms with E-state index in [2.05, 4.69) is 15.3 Å². The Kier molecular flexibility index (Phi) is 5.94. The topological polar surface area (TPSA) is 81.6 Å². The summed E-state index contributed by atoms with van der Waals surface area (Å²) >= 11 is 0. The van der Waals surface area contributed by atoms with Gasteiger partial charge < -0.3 is 10.0 Å². The average Bonchev–Trinajstić information content (AvgIpc) is 2.87. The van der Waals surface area contributed by atoms with E-state index in [1.165, 1.54) is 23.2 Å². The molecule has 1 aromatic carbocycles. The molecule has 0 saturated carbocycles. The molecule has 2 amide bonds. The molecule has 2 aromatic heterocycles. The van der Waals surface area contributed by atoms with Gasteiger partial charge in [-0.25, -0.2) is 14.8 Å². The summed E-state index contributed by atoms with van der Waals surface area (Å²) < 4.78 is 39.6. The van der Waals surface area contributed by atoms with Gasteiger partial charge in [-0.1, -0.05) is 18.2 Å². The number of carbonyl (C=O) groups is 1. The lowest BCUT2D eigenvalue weighted by Gasteiger charge is -2.29. The van der Waals surface area contributed by atoms with E-state index < -0.39 is 29.9 Å². The molecular weight excluding hydrogens is 435 g/mol. The van der Waals surface area contributed by atoms with E-state index in [4.69, 9.17) is 0 Å². The minimum Gasteiger partial charge on any atom is -0.389 e. The molecule has 0 aliphatic carbocycles. The lowest BCUT2D eigenvalue weighted by molar-refractivity contribution is -0.137. The van der Waals surface area contributed by atoms with E-state index in [-0.39, 0.29) is 23.6 Å². The maximum Gasteiger partial charge on any atom is 0.416 e. The number of halogens is 3. The third kappa shape index (κ3) is 4.61. The van der Waals surface area contributed by atoms with Crippen LogP contribution >= 0.6 is 0 Å². The average molecular weight is 457 g/mol. The van der Waals surface area contributed by atoms with Gasteiger partial charge in [-0.3, -0.25) is 10.2 Å². The molecule has 2 N–H and O–H groups in total. The first-order valence-electron chi connectivity index (χ1n) is 10.2. The molecule has 3 heterocycles. The molecule has 0 bridgehead atoms. The Balaban J connectivity index is 1.79. The Hall–Kier alpha value is -3.66. The number of fused-ring (bicyclic) bond motifs is 1. The highest BCUT2D eigenvalue weighted by Gasteiger charge is 2.36. The van der Waals surface area contributed by atoms with Gasteiger partial charge in [-0.2, -0.15) is 13.2 Å². The number of likely N-dealkylation sites (N-methyl/N-ethyl adjacent to an activating group) is 1. The molecule has 0 unspecified atom stereocenters. The number of urea groups is 1. The Morgan fingerprint density at radius 1 is 1.15 bits per heavy atom. The lowest BCUT2D eigenvalue weighted by Crippen LogP contribution is -2.48. The van der Waals surface area contributed by atoms with Crippen LogP contribution in [0.15, 0.2) is 60.8 Å². The lowest BCUT2D eigenvalue weighted by atomic mass is 10.1. The summed E-state index contributed by atoms with van der Waals surface area (Å²) in [6.07, 6.45) is -3.85. The second-order valence-electron chi connectivity index (χ2n) is 7.82. The van der Waals surface area contributed by atoms with Crippen molar-refractivity contribution in [2.45, 2.75) is 25.2 Å². The van der Waals surface area contributed by atoms with Gasteiger partial charge >= 0.3 is 12.2 Å². The monoisotopic (exact) mass is 457 g/mol. The molecule has 2 atom stereocenters. The summed E-state index contributed by atoms with van der Waals surface area (Å²) in [5.74, 6) is 0.544. The molecule has 33 heavy (non-hydrogen) atoms. The molecular formula is C23H22F3N5O2. The molecule has 0 fully saturated rings. The summed E-state index contributed by atoms with van der Waals surface area (Å²) in [5.41, 5.74) is 0.304. The van der Waals surface area contributed by atoms with Crippen LogP contribution in [0.2, 0.25) is 0 Å². The Morgan fingerprint density at radius 2 is 1.94 bits per heavy atom. The summed E-state index contributed by atoms with van der Waals surface area (Å²) in [7, 11) is 1.75. The number of β-amino-alcohol motifs (C(OH)–C–C–N with tert-alkyl or cyclic N) is 1. The predicted molar refractivity (Wildman–Crippen MR) is 119 cm³/mol. The van der Waals surface area contributed by atoms with Crippen molar-refractivity contribution in [3.8, 4) is 11.3 Å². The number of aromatic nitrogens is 2. The zero-order valence-corrected chi connectivity index (χ0v) is 17.9. The van der Waals surface area contributed by atoms with Crippen LogP contribution < -0.4 is 15.1 Å². The van der Waals surface area contributed by atoms with Gasteiger partial charge in [-0.15, -0.1) is 0 Å². The smallest absolute Gasteiger partial charge is 0.389 e. The largest absolute Gasteiger partial charge is 0.416 e. The van der Waals surface area contributed by atoms with Gasteiger partial charge in [0.15, 0.2) is 5.82 Å². The highest BCUT2D eigenvalue weighted by atomic mass is 19.4. The second kappa shape index (κ2) is 8.70. The van der Waals surface area contributed by atoms with E-state index in [9.17, 15) is 23.1 Å². The Labute approximate surface area is 188 Å². The standard InChI is InChI=1S/C23H22F3N5O2/c1-14-19(32)13-30(2)18-10-9-17(15-6-5-7-16(12-15)23(24,25)26)28-21(18)31(14)22(33)29-20-8-3-4-11-27-20/h3-12,14,19,32H,13H2,1-2H3,(H,27,29,33)/t14-,19+/m1/s1. The number of hydrogen-bond acceptors (Lipinski definition) is 5. The number of aliphatic hydroxyl groups excluding tert-OH is 1. The highest BCUT2D eigenvalue weighted by Crippen LogP contribution is 2.36. The first kappa shape index (κ1) is 22.5. The van der Waals surface area contributed by atoms with Gasteiger partial charge in [0.05, 0.1) is 29.1 Å². The van der Waals surface area contributed by atoms with Crippen molar-refractivity contribution in [2.75, 3.05) is 28.7 Å². The minimum absolute atomic E-state index is 0.227. The van der Waals surface area contributed by atoms with Crippen molar-refractivity contribution in [1.82, 2.24) is 9.97 Å². The fourth-order valence-electron chi connectivity index (χ4n) is 3.72. The molecule has 4 rings (SSSR count). The summed E-state index contributed by atoms with van der Waals surface area (Å²) in [4.78, 5) is 25.0. The van der Waals surface area contributed by atoms with Gasteiger partial charge in [0, 0.05) is 25.4 Å². The van der Waals surface area contributed by atoms with Crippen molar-refractivity contribution in [1.29, 1.82) is 0 Å². The number of aliphatic hydroxyl groups is 1. The number of alkyl halides is 3. The molecule has 1 aliphatic rings. The first-order valence-corrected chi connectivity index (χ1v) is 10.2. The van der Waals surface area contributed by atoms with Crippen LogP contribution in [0.25, 0.3) is 11.3 Å². The van der Waals surface area contributed by atoms with Gasteiger partial charge in [0.25, 0.3) is 0 Å². The third-order valence-corrected chi connectivity index (χ3v) is 5.52. The molecule has 10 heteroatoms. The fourth-order valence-corrected chi connectivity index (χ4v) is 3.72. The van der Waals surface area contributed by atoms with Crippen molar-refractivity contribution in [2.24, 2.45) is 0 Å². The number of anilines is 3. The number of benzene rings is 1. The quantitative estimate of drug-likeness (QED) is 0.596. The fraction of sp³-hybridized carbons (Fsp3) is 0.261. The van der Waals surface area contributed by atoms with Crippen molar-refractivity contribution < 1.29 is 23.1 Å². The molecule has 3 aromatic rings. The molecule has 0 radical (unpaired) electrons. The summed E-state index contributed by atoms with van der Waals surface area (Å²) in [6.45, 7) is 1.93. The second-order valence-corrected chi connectivity index (χ2v) is 7.82. The van der Waals surface area contributed by atoms with Crippen LogP contribution in [0, 0.1) is 0 Å². The summed E-state index contributed by atoms with van der Waals surface area (Å²) in [5, 5.41) is 13.4. The zero-order valence-electron chi connectivity index (χ0n) is 17.9. The van der Waals surface area contributed by atoms with E-state index in [0.29, 0.717) is 11.5 Å². The number of pyridine rings is 2.